The second-order valence-electron chi connectivity index (χ2n) is 10.6. The molecule has 1 aliphatic rings. The zero-order chi connectivity index (χ0) is 27.0. The lowest BCUT2D eigenvalue weighted by atomic mass is 9.91. The van der Waals surface area contributed by atoms with Gasteiger partial charge in [0.25, 0.3) is 0 Å². The number of nitrogens with zero attached hydrogens (tertiary/aromatic N) is 4. The van der Waals surface area contributed by atoms with Crippen LogP contribution in [0.15, 0.2) is 36.8 Å². The minimum Gasteiger partial charge on any atom is -0.496 e. The standard InChI is InChI=1S/C28H31Cl2FN6O/c1-16(2)10-34-28(3)14-37(15-28)27-23(31)8-18(11-33-27)26-20-7-17(25(38-4)9-24(20)35-36-26)5-6-19-21(29)12-32-13-22(19)30/h7-9,11-13,16,34H,5-6,10,14-15H2,1-4H3,(H,35,36). The molecule has 1 aromatic carbocycles. The first-order valence-corrected chi connectivity index (χ1v) is 13.4. The fraction of sp³-hybridized carbons (Fsp3) is 0.393. The lowest BCUT2D eigenvalue weighted by molar-refractivity contribution is 0.267. The number of ether oxygens (including phenoxy) is 1. The van der Waals surface area contributed by atoms with Crippen molar-refractivity contribution >= 4 is 39.9 Å². The number of aryl methyl sites for hydroxylation is 1. The van der Waals surface area contributed by atoms with Crippen molar-refractivity contribution in [1.29, 1.82) is 0 Å². The van der Waals surface area contributed by atoms with Gasteiger partial charge >= 0.3 is 0 Å². The molecule has 0 spiro atoms. The number of H-pyrrole nitrogens is 1. The van der Waals surface area contributed by atoms with E-state index in [4.69, 9.17) is 27.9 Å². The molecule has 0 radical (unpaired) electrons. The summed E-state index contributed by atoms with van der Waals surface area (Å²) in [5.41, 5.74) is 3.80. The molecule has 200 valence electrons. The maximum Gasteiger partial charge on any atom is 0.166 e. The lowest BCUT2D eigenvalue weighted by Gasteiger charge is -2.49. The topological polar surface area (TPSA) is 79.0 Å². The van der Waals surface area contributed by atoms with Gasteiger partial charge in [-0.25, -0.2) is 9.37 Å². The summed E-state index contributed by atoms with van der Waals surface area (Å²) in [4.78, 5) is 10.5. The Kier molecular flexibility index (Phi) is 7.49. The first-order valence-electron chi connectivity index (χ1n) is 12.7. The quantitative estimate of drug-likeness (QED) is 0.260. The third-order valence-corrected chi connectivity index (χ3v) is 7.62. The number of anilines is 1. The number of hydrogen-bond acceptors (Lipinski definition) is 6. The van der Waals surface area contributed by atoms with Gasteiger partial charge in [-0.3, -0.25) is 10.1 Å². The average molecular weight is 558 g/mol. The van der Waals surface area contributed by atoms with Crippen molar-refractivity contribution in [2.45, 2.75) is 39.2 Å². The van der Waals surface area contributed by atoms with Gasteiger partial charge in [-0.1, -0.05) is 37.0 Å². The second-order valence-corrected chi connectivity index (χ2v) is 11.4. The number of hydrogen-bond donors (Lipinski definition) is 2. The van der Waals surface area contributed by atoms with Gasteiger partial charge in [0.1, 0.15) is 11.4 Å². The Labute approximate surface area is 231 Å². The molecule has 5 rings (SSSR count). The van der Waals surface area contributed by atoms with Crippen LogP contribution in [0.1, 0.15) is 31.9 Å². The molecule has 1 saturated heterocycles. The summed E-state index contributed by atoms with van der Waals surface area (Å²) >= 11 is 12.6. The molecule has 1 fully saturated rings. The fourth-order valence-corrected chi connectivity index (χ4v) is 5.49. The number of nitrogens with one attached hydrogen (secondary N) is 2. The van der Waals surface area contributed by atoms with E-state index < -0.39 is 0 Å². The smallest absolute Gasteiger partial charge is 0.166 e. The number of aromatic nitrogens is 4. The molecule has 38 heavy (non-hydrogen) atoms. The third kappa shape index (κ3) is 5.30. The van der Waals surface area contributed by atoms with E-state index in [0.717, 1.165) is 34.3 Å². The van der Waals surface area contributed by atoms with E-state index in [2.05, 4.69) is 46.3 Å². The summed E-state index contributed by atoms with van der Waals surface area (Å²) in [7, 11) is 1.63. The number of benzene rings is 1. The Morgan fingerprint density at radius 1 is 1.13 bits per heavy atom. The van der Waals surface area contributed by atoms with E-state index in [1.165, 1.54) is 6.07 Å². The molecular weight excluding hydrogens is 526 g/mol. The van der Waals surface area contributed by atoms with Crippen LogP contribution in [-0.4, -0.2) is 52.4 Å². The molecule has 0 saturated carbocycles. The van der Waals surface area contributed by atoms with Crippen LogP contribution in [0.3, 0.4) is 0 Å². The predicted octanol–water partition coefficient (Wildman–Crippen LogP) is 6.08. The summed E-state index contributed by atoms with van der Waals surface area (Å²) in [6.45, 7) is 8.87. The molecule has 0 unspecified atom stereocenters. The Bertz CT molecular complexity index is 1450. The van der Waals surface area contributed by atoms with Crippen molar-refractivity contribution in [3.8, 4) is 17.0 Å². The minimum atomic E-state index is -0.361. The number of aromatic amines is 1. The summed E-state index contributed by atoms with van der Waals surface area (Å²) in [6.07, 6.45) is 6.11. The third-order valence-electron chi connectivity index (χ3n) is 6.97. The molecule has 0 atom stereocenters. The van der Waals surface area contributed by atoms with Crippen LogP contribution < -0.4 is 15.0 Å². The van der Waals surface area contributed by atoms with Crippen LogP contribution >= 0.6 is 23.2 Å². The number of pyridine rings is 2. The van der Waals surface area contributed by atoms with Gasteiger partial charge in [0.05, 0.1) is 28.2 Å². The molecule has 1 aliphatic heterocycles. The summed E-state index contributed by atoms with van der Waals surface area (Å²) in [6, 6.07) is 5.43. The molecule has 4 heterocycles. The highest BCUT2D eigenvalue weighted by Crippen LogP contribution is 2.35. The molecule has 0 amide bonds. The van der Waals surface area contributed by atoms with Crippen LogP contribution in [-0.2, 0) is 12.8 Å². The van der Waals surface area contributed by atoms with Crippen molar-refractivity contribution in [2.75, 3.05) is 31.6 Å². The fourth-order valence-electron chi connectivity index (χ4n) is 4.93. The van der Waals surface area contributed by atoms with E-state index in [1.54, 1.807) is 25.7 Å². The van der Waals surface area contributed by atoms with Gasteiger partial charge in [0.15, 0.2) is 11.6 Å². The number of rotatable bonds is 9. The zero-order valence-corrected chi connectivity index (χ0v) is 23.4. The number of fused-ring (bicyclic) bond motifs is 1. The zero-order valence-electron chi connectivity index (χ0n) is 21.9. The van der Waals surface area contributed by atoms with E-state index in [1.807, 2.05) is 17.0 Å². The van der Waals surface area contributed by atoms with Crippen LogP contribution in [0, 0.1) is 11.7 Å². The molecular formula is C28H31Cl2FN6O. The lowest BCUT2D eigenvalue weighted by Crippen LogP contribution is -2.68. The molecule has 10 heteroatoms. The van der Waals surface area contributed by atoms with Crippen LogP contribution in [0.4, 0.5) is 10.2 Å². The maximum atomic E-state index is 15.2. The second kappa shape index (κ2) is 10.7. The monoisotopic (exact) mass is 556 g/mol. The van der Waals surface area contributed by atoms with E-state index in [9.17, 15) is 0 Å². The van der Waals surface area contributed by atoms with Crippen molar-refractivity contribution in [2.24, 2.45) is 5.92 Å². The van der Waals surface area contributed by atoms with Gasteiger partial charge in [0.2, 0.25) is 0 Å². The summed E-state index contributed by atoms with van der Waals surface area (Å²) in [5.74, 6) is 1.29. The van der Waals surface area contributed by atoms with Gasteiger partial charge < -0.3 is 15.0 Å². The normalized spacial score (nSPS) is 14.8. The molecule has 2 N–H and O–H groups in total. The first-order chi connectivity index (χ1) is 18.2. The van der Waals surface area contributed by atoms with Gasteiger partial charge in [-0.05, 0) is 55.5 Å². The Morgan fingerprint density at radius 3 is 2.53 bits per heavy atom. The first kappa shape index (κ1) is 26.7. The van der Waals surface area contributed by atoms with Crippen LogP contribution in [0.25, 0.3) is 22.2 Å². The molecule has 0 aliphatic carbocycles. The van der Waals surface area contributed by atoms with Crippen molar-refractivity contribution in [1.82, 2.24) is 25.5 Å². The highest BCUT2D eigenvalue weighted by Gasteiger charge is 2.40. The average Bonchev–Trinajstić information content (AvgIpc) is 3.28. The van der Waals surface area contributed by atoms with E-state index in [0.29, 0.717) is 59.0 Å². The highest BCUT2D eigenvalue weighted by atomic mass is 35.5. The van der Waals surface area contributed by atoms with Gasteiger partial charge in [0, 0.05) is 48.7 Å². The Morgan fingerprint density at radius 2 is 1.87 bits per heavy atom. The van der Waals surface area contributed by atoms with Crippen molar-refractivity contribution < 1.29 is 9.13 Å². The predicted molar refractivity (Wildman–Crippen MR) is 151 cm³/mol. The molecule has 0 bridgehead atoms. The SMILES string of the molecule is COc1cc2[nH]nc(-c3cnc(N4CC(C)(NCC(C)C)C4)c(F)c3)c2cc1CCc1c(Cl)cncc1Cl. The molecule has 4 aromatic rings. The Balaban J connectivity index is 1.38. The summed E-state index contributed by atoms with van der Waals surface area (Å²) in [5, 5.41) is 13.0. The van der Waals surface area contributed by atoms with Crippen LogP contribution in [0.2, 0.25) is 10.0 Å². The molecule has 7 nitrogen and oxygen atoms in total. The van der Waals surface area contributed by atoms with Gasteiger partial charge in [-0.15, -0.1) is 0 Å². The largest absolute Gasteiger partial charge is 0.496 e. The van der Waals surface area contributed by atoms with Crippen LogP contribution in [0.5, 0.6) is 5.75 Å². The van der Waals surface area contributed by atoms with Gasteiger partial charge in [-0.2, -0.15) is 5.10 Å². The van der Waals surface area contributed by atoms with Crippen molar-refractivity contribution in [3.05, 3.63) is 63.8 Å². The number of halogens is 3. The maximum absolute atomic E-state index is 15.2. The van der Waals surface area contributed by atoms with Crippen molar-refractivity contribution in [3.63, 3.8) is 0 Å². The minimum absolute atomic E-state index is 0.0321. The van der Waals surface area contributed by atoms with E-state index >= 15 is 4.39 Å². The number of methoxy groups -OCH3 is 1. The molecule has 3 aromatic heterocycles. The highest BCUT2D eigenvalue weighted by molar-refractivity contribution is 6.35. The van der Waals surface area contributed by atoms with E-state index in [-0.39, 0.29) is 11.4 Å². The summed E-state index contributed by atoms with van der Waals surface area (Å²) < 4.78 is 20.9. The Hall–Kier alpha value is -2.94.